The second kappa shape index (κ2) is 7.13. The van der Waals surface area contributed by atoms with Crippen LogP contribution in [0.5, 0.6) is 0 Å². The number of nitrogens with one attached hydrogen (secondary N) is 1. The van der Waals surface area contributed by atoms with Crippen LogP contribution in [0.25, 0.3) is 0 Å². The molecule has 0 amide bonds. The molecule has 4 nitrogen and oxygen atoms in total. The van der Waals surface area contributed by atoms with Crippen LogP contribution in [0.2, 0.25) is 0 Å². The largest absolute Gasteiger partial charge is 0.392 e. The van der Waals surface area contributed by atoms with Crippen LogP contribution in [0.4, 0.5) is 0 Å². The van der Waals surface area contributed by atoms with E-state index < -0.39 is 10.0 Å². The van der Waals surface area contributed by atoms with E-state index in [9.17, 15) is 8.42 Å². The lowest BCUT2D eigenvalue weighted by Crippen LogP contribution is -2.32. The van der Waals surface area contributed by atoms with Gasteiger partial charge in [0, 0.05) is 6.04 Å². The number of hydrogen-bond acceptors (Lipinski definition) is 4. The molecule has 0 radical (unpaired) electrons. The minimum atomic E-state index is -3.46. The van der Waals surface area contributed by atoms with Crippen LogP contribution >= 0.6 is 11.8 Å². The monoisotopic (exact) mass is 289 g/mol. The lowest BCUT2D eigenvalue weighted by molar-refractivity contribution is 0.282. The maximum atomic E-state index is 12.0. The van der Waals surface area contributed by atoms with Crippen LogP contribution in [0.1, 0.15) is 18.9 Å². The lowest BCUT2D eigenvalue weighted by atomic mass is 10.2. The van der Waals surface area contributed by atoms with Gasteiger partial charge in [0.2, 0.25) is 10.0 Å². The highest BCUT2D eigenvalue weighted by atomic mass is 32.2. The molecule has 0 aliphatic heterocycles. The second-order valence-electron chi connectivity index (χ2n) is 4.11. The van der Waals surface area contributed by atoms with Crippen molar-refractivity contribution in [2.24, 2.45) is 0 Å². The summed E-state index contributed by atoms with van der Waals surface area (Å²) in [6, 6.07) is 6.16. The molecule has 1 aromatic rings. The zero-order valence-corrected chi connectivity index (χ0v) is 12.2. The Morgan fingerprint density at radius 1 is 1.33 bits per heavy atom. The molecule has 1 unspecified atom stereocenters. The first-order valence-corrected chi connectivity index (χ1v) is 8.58. The van der Waals surface area contributed by atoms with Crippen LogP contribution in [-0.2, 0) is 16.6 Å². The Morgan fingerprint density at radius 2 is 1.94 bits per heavy atom. The average Bonchev–Trinajstić information content (AvgIpc) is 2.36. The maximum absolute atomic E-state index is 12.0. The summed E-state index contributed by atoms with van der Waals surface area (Å²) >= 11 is 1.69. The van der Waals surface area contributed by atoms with Gasteiger partial charge in [-0.2, -0.15) is 11.8 Å². The zero-order chi connectivity index (χ0) is 13.6. The Bertz CT molecular complexity index is 457. The molecule has 102 valence electrons. The van der Waals surface area contributed by atoms with Crippen molar-refractivity contribution in [2.45, 2.75) is 30.9 Å². The SMILES string of the molecule is CSCCC(C)NS(=O)(=O)c1ccc(CO)cc1. The van der Waals surface area contributed by atoms with Crippen molar-refractivity contribution < 1.29 is 13.5 Å². The molecule has 0 aromatic heterocycles. The predicted octanol–water partition coefficient (Wildman–Crippen LogP) is 1.60. The molecule has 0 heterocycles. The number of sulfonamides is 1. The normalized spacial score (nSPS) is 13.5. The minimum absolute atomic E-state index is 0.0834. The van der Waals surface area contributed by atoms with Gasteiger partial charge in [0.25, 0.3) is 0 Å². The Kier molecular flexibility index (Phi) is 6.14. The minimum Gasteiger partial charge on any atom is -0.392 e. The van der Waals surface area contributed by atoms with Gasteiger partial charge >= 0.3 is 0 Å². The summed E-state index contributed by atoms with van der Waals surface area (Å²) < 4.78 is 26.7. The summed E-state index contributed by atoms with van der Waals surface area (Å²) in [7, 11) is -3.46. The van der Waals surface area contributed by atoms with Crippen molar-refractivity contribution in [3.05, 3.63) is 29.8 Å². The van der Waals surface area contributed by atoms with Crippen molar-refractivity contribution in [2.75, 3.05) is 12.0 Å². The van der Waals surface area contributed by atoms with E-state index in [-0.39, 0.29) is 17.5 Å². The Morgan fingerprint density at radius 3 is 2.44 bits per heavy atom. The third kappa shape index (κ3) is 4.61. The molecule has 1 atom stereocenters. The third-order valence-corrected chi connectivity index (χ3v) is 4.78. The number of benzene rings is 1. The number of aliphatic hydroxyl groups is 1. The van der Waals surface area contributed by atoms with Gasteiger partial charge in [-0.05, 0) is 43.0 Å². The molecular weight excluding hydrogens is 270 g/mol. The van der Waals surface area contributed by atoms with Gasteiger partial charge in [-0.1, -0.05) is 12.1 Å². The van der Waals surface area contributed by atoms with Crippen LogP contribution < -0.4 is 4.72 Å². The predicted molar refractivity (Wildman–Crippen MR) is 75.1 cm³/mol. The zero-order valence-electron chi connectivity index (χ0n) is 10.6. The molecule has 1 rings (SSSR count). The lowest BCUT2D eigenvalue weighted by Gasteiger charge is -2.13. The van der Waals surface area contributed by atoms with E-state index >= 15 is 0 Å². The summed E-state index contributed by atoms with van der Waals surface area (Å²) in [5.41, 5.74) is 0.699. The highest BCUT2D eigenvalue weighted by Crippen LogP contribution is 2.12. The summed E-state index contributed by atoms with van der Waals surface area (Å²) in [5, 5.41) is 8.91. The van der Waals surface area contributed by atoms with E-state index in [4.69, 9.17) is 5.11 Å². The maximum Gasteiger partial charge on any atom is 0.240 e. The van der Waals surface area contributed by atoms with Crippen molar-refractivity contribution in [1.29, 1.82) is 0 Å². The summed E-state index contributed by atoms with van der Waals surface area (Å²) in [5.74, 6) is 0.924. The topological polar surface area (TPSA) is 66.4 Å². The quantitative estimate of drug-likeness (QED) is 0.800. The van der Waals surface area contributed by atoms with Gasteiger partial charge in [0.05, 0.1) is 11.5 Å². The van der Waals surface area contributed by atoms with Gasteiger partial charge in [-0.15, -0.1) is 0 Å². The fourth-order valence-corrected chi connectivity index (χ4v) is 3.33. The Hall–Kier alpha value is -0.560. The number of hydrogen-bond donors (Lipinski definition) is 2. The fraction of sp³-hybridized carbons (Fsp3) is 0.500. The number of aliphatic hydroxyl groups excluding tert-OH is 1. The Balaban J connectivity index is 2.73. The van der Waals surface area contributed by atoms with Gasteiger partial charge in [0.15, 0.2) is 0 Å². The Labute approximate surface area is 113 Å². The van der Waals surface area contributed by atoms with Crippen molar-refractivity contribution in [3.63, 3.8) is 0 Å². The fourth-order valence-electron chi connectivity index (χ4n) is 1.46. The van der Waals surface area contributed by atoms with Gasteiger partial charge in [-0.3, -0.25) is 0 Å². The van der Waals surface area contributed by atoms with E-state index in [1.807, 2.05) is 13.2 Å². The molecular formula is C12H19NO3S2. The summed E-state index contributed by atoms with van der Waals surface area (Å²) in [6.45, 7) is 1.77. The first-order chi connectivity index (χ1) is 8.49. The van der Waals surface area contributed by atoms with Crippen molar-refractivity contribution in [3.8, 4) is 0 Å². The molecule has 0 saturated heterocycles. The highest BCUT2D eigenvalue weighted by molar-refractivity contribution is 7.98. The smallest absolute Gasteiger partial charge is 0.240 e. The third-order valence-electron chi connectivity index (χ3n) is 2.53. The van der Waals surface area contributed by atoms with E-state index in [0.717, 1.165) is 12.2 Å². The van der Waals surface area contributed by atoms with E-state index in [0.29, 0.717) is 5.56 Å². The summed E-state index contributed by atoms with van der Waals surface area (Å²) in [6.07, 6.45) is 2.80. The van der Waals surface area contributed by atoms with Crippen LogP contribution in [0.3, 0.4) is 0 Å². The first-order valence-electron chi connectivity index (χ1n) is 5.70. The van der Waals surface area contributed by atoms with Crippen molar-refractivity contribution in [1.82, 2.24) is 4.72 Å². The average molecular weight is 289 g/mol. The first kappa shape index (κ1) is 15.5. The molecule has 2 N–H and O–H groups in total. The van der Waals surface area contributed by atoms with Gasteiger partial charge < -0.3 is 5.11 Å². The molecule has 0 aliphatic carbocycles. The summed E-state index contributed by atoms with van der Waals surface area (Å²) in [4.78, 5) is 0.232. The van der Waals surface area contributed by atoms with Crippen molar-refractivity contribution >= 4 is 21.8 Å². The molecule has 1 aromatic carbocycles. The van der Waals surface area contributed by atoms with Gasteiger partial charge in [0.1, 0.15) is 0 Å². The van der Waals surface area contributed by atoms with Gasteiger partial charge in [-0.25, -0.2) is 13.1 Å². The molecule has 18 heavy (non-hydrogen) atoms. The van der Waals surface area contributed by atoms with E-state index in [2.05, 4.69) is 4.72 Å². The van der Waals surface area contributed by atoms with E-state index in [1.54, 1.807) is 23.9 Å². The molecule has 0 fully saturated rings. The highest BCUT2D eigenvalue weighted by Gasteiger charge is 2.16. The second-order valence-corrected chi connectivity index (χ2v) is 6.81. The number of thioether (sulfide) groups is 1. The molecule has 0 spiro atoms. The molecule has 0 saturated carbocycles. The molecule has 0 bridgehead atoms. The van der Waals surface area contributed by atoms with Crippen LogP contribution in [-0.4, -0.2) is 31.6 Å². The van der Waals surface area contributed by atoms with Crippen LogP contribution in [0, 0.1) is 0 Å². The van der Waals surface area contributed by atoms with E-state index in [1.165, 1.54) is 12.1 Å². The standard InChI is InChI=1S/C12H19NO3S2/c1-10(7-8-17-2)13-18(15,16)12-5-3-11(9-14)4-6-12/h3-6,10,13-14H,7-9H2,1-2H3. The van der Waals surface area contributed by atoms with Crippen LogP contribution in [0.15, 0.2) is 29.2 Å². The molecule has 0 aliphatic rings. The molecule has 6 heteroatoms. The number of rotatable bonds is 7.